The van der Waals surface area contributed by atoms with Crippen LogP contribution in [-0.4, -0.2) is 15.2 Å². The highest BCUT2D eigenvalue weighted by molar-refractivity contribution is 5.14. The van der Waals surface area contributed by atoms with Crippen LogP contribution in [0.2, 0.25) is 0 Å². The Morgan fingerprint density at radius 3 is 2.72 bits per heavy atom. The van der Waals surface area contributed by atoms with Crippen LogP contribution in [-0.2, 0) is 12.8 Å². The summed E-state index contributed by atoms with van der Waals surface area (Å²) in [6.07, 6.45) is 2.70. The molecule has 0 amide bonds. The van der Waals surface area contributed by atoms with Crippen molar-refractivity contribution in [2.75, 3.05) is 0 Å². The number of benzene rings is 1. The zero-order valence-electron chi connectivity index (χ0n) is 10.5. The summed E-state index contributed by atoms with van der Waals surface area (Å²) in [5.41, 5.74) is 1.31. The van der Waals surface area contributed by atoms with Gasteiger partial charge in [-0.3, -0.25) is 0 Å². The molecule has 1 aromatic carbocycles. The highest BCUT2D eigenvalue weighted by Gasteiger charge is 2.12. The van der Waals surface area contributed by atoms with Crippen LogP contribution < -0.4 is 0 Å². The van der Waals surface area contributed by atoms with Gasteiger partial charge in [0.25, 0.3) is 0 Å². The predicted octanol–water partition coefficient (Wildman–Crippen LogP) is 2.69. The van der Waals surface area contributed by atoms with Crippen LogP contribution in [0.5, 0.6) is 0 Å². The van der Waals surface area contributed by atoms with Crippen LogP contribution in [0, 0.1) is 0 Å². The Bertz CT molecular complexity index is 468. The molecule has 0 saturated heterocycles. The van der Waals surface area contributed by atoms with Crippen molar-refractivity contribution in [2.24, 2.45) is 0 Å². The molecule has 18 heavy (non-hydrogen) atoms. The van der Waals surface area contributed by atoms with Crippen LogP contribution >= 0.6 is 0 Å². The first kappa shape index (κ1) is 12.8. The molecule has 4 nitrogen and oxygen atoms in total. The van der Waals surface area contributed by atoms with Gasteiger partial charge in [-0.05, 0) is 24.8 Å². The Hall–Kier alpha value is -1.68. The molecule has 0 aliphatic heterocycles. The first-order chi connectivity index (χ1) is 8.79. The van der Waals surface area contributed by atoms with E-state index < -0.39 is 6.10 Å². The second-order valence-corrected chi connectivity index (χ2v) is 4.31. The van der Waals surface area contributed by atoms with Crippen molar-refractivity contribution < 1.29 is 9.63 Å². The molecule has 0 radical (unpaired) electrons. The fourth-order valence-corrected chi connectivity index (χ4v) is 1.78. The fraction of sp³-hybridized carbons (Fsp3) is 0.429. The maximum Gasteiger partial charge on any atom is 0.226 e. The number of aromatic nitrogens is 2. The van der Waals surface area contributed by atoms with Gasteiger partial charge in [0.05, 0.1) is 0 Å². The Labute approximate surface area is 107 Å². The third-order valence-electron chi connectivity index (χ3n) is 2.87. The summed E-state index contributed by atoms with van der Waals surface area (Å²) >= 11 is 0. The first-order valence-corrected chi connectivity index (χ1v) is 6.34. The quantitative estimate of drug-likeness (QED) is 0.851. The number of nitrogens with zero attached hydrogens (tertiary/aromatic N) is 2. The molecule has 1 unspecified atom stereocenters. The number of aryl methyl sites for hydroxylation is 2. The van der Waals surface area contributed by atoms with Crippen molar-refractivity contribution in [3.05, 3.63) is 47.6 Å². The lowest BCUT2D eigenvalue weighted by atomic mass is 10.1. The molecule has 2 aromatic rings. The Balaban J connectivity index is 1.82. The molecule has 2 rings (SSSR count). The lowest BCUT2D eigenvalue weighted by molar-refractivity contribution is 0.159. The van der Waals surface area contributed by atoms with E-state index in [1.54, 1.807) is 0 Å². The summed E-state index contributed by atoms with van der Waals surface area (Å²) < 4.78 is 5.10. The summed E-state index contributed by atoms with van der Waals surface area (Å²) in [7, 11) is 0. The minimum Gasteiger partial charge on any atom is -0.385 e. The zero-order chi connectivity index (χ0) is 12.8. The lowest BCUT2D eigenvalue weighted by Crippen LogP contribution is -1.98. The van der Waals surface area contributed by atoms with Gasteiger partial charge in [-0.2, -0.15) is 4.98 Å². The van der Waals surface area contributed by atoms with Gasteiger partial charge in [-0.1, -0.05) is 42.4 Å². The Kier molecular flexibility index (Phi) is 4.47. The van der Waals surface area contributed by atoms with Gasteiger partial charge in [0.2, 0.25) is 5.89 Å². The molecule has 0 aliphatic carbocycles. The highest BCUT2D eigenvalue weighted by Crippen LogP contribution is 2.13. The van der Waals surface area contributed by atoms with Crippen molar-refractivity contribution in [3.63, 3.8) is 0 Å². The largest absolute Gasteiger partial charge is 0.385 e. The molecule has 1 aromatic heterocycles. The first-order valence-electron chi connectivity index (χ1n) is 6.34. The molecule has 4 heteroatoms. The van der Waals surface area contributed by atoms with Gasteiger partial charge in [-0.25, -0.2) is 0 Å². The molecule has 0 aliphatic rings. The predicted molar refractivity (Wildman–Crippen MR) is 68.0 cm³/mol. The van der Waals surface area contributed by atoms with E-state index in [0.29, 0.717) is 18.1 Å². The second-order valence-electron chi connectivity index (χ2n) is 4.31. The highest BCUT2D eigenvalue weighted by atomic mass is 16.5. The van der Waals surface area contributed by atoms with Crippen molar-refractivity contribution in [3.8, 4) is 0 Å². The van der Waals surface area contributed by atoms with Crippen molar-refractivity contribution in [2.45, 2.75) is 38.7 Å². The van der Waals surface area contributed by atoms with E-state index in [2.05, 4.69) is 22.3 Å². The van der Waals surface area contributed by atoms with Crippen molar-refractivity contribution >= 4 is 0 Å². The molecule has 0 bridgehead atoms. The number of aliphatic hydroxyl groups is 1. The molecule has 1 atom stereocenters. The SMILES string of the molecule is CCC(O)c1noc(CCCc2ccccc2)n1. The van der Waals surface area contributed by atoms with E-state index in [9.17, 15) is 5.11 Å². The van der Waals surface area contributed by atoms with Crippen LogP contribution in [0.3, 0.4) is 0 Å². The molecule has 96 valence electrons. The Morgan fingerprint density at radius 1 is 1.22 bits per heavy atom. The second kappa shape index (κ2) is 6.31. The van der Waals surface area contributed by atoms with E-state index >= 15 is 0 Å². The lowest BCUT2D eigenvalue weighted by Gasteiger charge is -1.99. The van der Waals surface area contributed by atoms with Crippen LogP contribution in [0.1, 0.15) is 43.1 Å². The van der Waals surface area contributed by atoms with Gasteiger partial charge in [-0.15, -0.1) is 0 Å². The number of hydrogen-bond donors (Lipinski definition) is 1. The minimum atomic E-state index is -0.614. The number of rotatable bonds is 6. The molecular weight excluding hydrogens is 228 g/mol. The number of hydrogen-bond acceptors (Lipinski definition) is 4. The van der Waals surface area contributed by atoms with Gasteiger partial charge in [0.1, 0.15) is 6.10 Å². The van der Waals surface area contributed by atoms with Gasteiger partial charge in [0, 0.05) is 6.42 Å². The number of aliphatic hydroxyl groups excluding tert-OH is 1. The molecule has 0 spiro atoms. The van der Waals surface area contributed by atoms with Gasteiger partial charge >= 0.3 is 0 Å². The maximum atomic E-state index is 9.56. The van der Waals surface area contributed by atoms with Crippen molar-refractivity contribution in [1.29, 1.82) is 0 Å². The van der Waals surface area contributed by atoms with E-state index in [4.69, 9.17) is 4.52 Å². The Morgan fingerprint density at radius 2 is 2.00 bits per heavy atom. The molecular formula is C14H18N2O2. The molecule has 1 N–H and O–H groups in total. The third kappa shape index (κ3) is 3.40. The standard InChI is InChI=1S/C14H18N2O2/c1-2-12(17)14-15-13(18-16-14)10-6-9-11-7-4-3-5-8-11/h3-5,7-8,12,17H,2,6,9-10H2,1H3. The van der Waals surface area contributed by atoms with E-state index in [1.807, 2.05) is 25.1 Å². The summed E-state index contributed by atoms with van der Waals surface area (Å²) in [5.74, 6) is 1.00. The average molecular weight is 246 g/mol. The van der Waals surface area contributed by atoms with Crippen LogP contribution in [0.25, 0.3) is 0 Å². The van der Waals surface area contributed by atoms with E-state index in [-0.39, 0.29) is 0 Å². The maximum absolute atomic E-state index is 9.56. The van der Waals surface area contributed by atoms with E-state index in [0.717, 1.165) is 19.3 Å². The topological polar surface area (TPSA) is 59.2 Å². The molecule has 0 fully saturated rings. The average Bonchev–Trinajstić information content (AvgIpc) is 2.88. The summed E-state index contributed by atoms with van der Waals surface area (Å²) in [6.45, 7) is 1.89. The van der Waals surface area contributed by atoms with Crippen LogP contribution in [0.4, 0.5) is 0 Å². The normalized spacial score (nSPS) is 12.6. The smallest absolute Gasteiger partial charge is 0.226 e. The molecule has 1 heterocycles. The van der Waals surface area contributed by atoms with Crippen LogP contribution in [0.15, 0.2) is 34.9 Å². The molecule has 0 saturated carbocycles. The monoisotopic (exact) mass is 246 g/mol. The fourth-order valence-electron chi connectivity index (χ4n) is 1.78. The third-order valence-corrected chi connectivity index (χ3v) is 2.87. The zero-order valence-corrected chi connectivity index (χ0v) is 10.5. The van der Waals surface area contributed by atoms with Gasteiger partial charge in [0.15, 0.2) is 5.82 Å². The minimum absolute atomic E-state index is 0.396. The summed E-state index contributed by atoms with van der Waals surface area (Å²) in [6, 6.07) is 10.3. The summed E-state index contributed by atoms with van der Waals surface area (Å²) in [4.78, 5) is 4.18. The van der Waals surface area contributed by atoms with Gasteiger partial charge < -0.3 is 9.63 Å². The van der Waals surface area contributed by atoms with Crippen molar-refractivity contribution in [1.82, 2.24) is 10.1 Å². The van der Waals surface area contributed by atoms with E-state index in [1.165, 1.54) is 5.56 Å². The summed E-state index contributed by atoms with van der Waals surface area (Å²) in [5, 5.41) is 13.3.